The summed E-state index contributed by atoms with van der Waals surface area (Å²) in [6.45, 7) is 1.19. The van der Waals surface area contributed by atoms with Gasteiger partial charge >= 0.3 is 0 Å². The Labute approximate surface area is 103 Å². The van der Waals surface area contributed by atoms with Crippen LogP contribution in [0.1, 0.15) is 10.7 Å². The minimum absolute atomic E-state index is 0.479. The average molecular weight is 244 g/mol. The molecule has 17 heavy (non-hydrogen) atoms. The number of rotatable bonds is 3. The molecule has 4 nitrogen and oxygen atoms in total. The molecule has 0 unspecified atom stereocenters. The first-order chi connectivity index (χ1) is 8.35. The number of nitrogens with two attached hydrogens (primary N) is 1. The van der Waals surface area contributed by atoms with E-state index in [9.17, 15) is 0 Å². The van der Waals surface area contributed by atoms with Crippen molar-refractivity contribution >= 4 is 21.6 Å². The maximum absolute atomic E-state index is 5.53. The first kappa shape index (κ1) is 10.4. The van der Waals surface area contributed by atoms with Crippen molar-refractivity contribution in [1.29, 1.82) is 0 Å². The molecule has 0 radical (unpaired) electrons. The average Bonchev–Trinajstić information content (AvgIpc) is 2.94. The van der Waals surface area contributed by atoms with Crippen LogP contribution in [0.25, 0.3) is 10.2 Å². The zero-order valence-corrected chi connectivity index (χ0v) is 10.0. The lowest BCUT2D eigenvalue weighted by atomic mass is 10.3. The van der Waals surface area contributed by atoms with Gasteiger partial charge in [0.05, 0.1) is 22.5 Å². The Morgan fingerprint density at radius 3 is 2.88 bits per heavy atom. The van der Waals surface area contributed by atoms with Gasteiger partial charge in [0, 0.05) is 12.7 Å². The fourth-order valence-electron chi connectivity index (χ4n) is 1.73. The lowest BCUT2D eigenvalue weighted by Crippen LogP contribution is -2.03. The fraction of sp³-hybridized carbons (Fsp3) is 0.167. The molecule has 0 bridgehead atoms. The summed E-state index contributed by atoms with van der Waals surface area (Å²) < 4.78 is 3.09. The summed E-state index contributed by atoms with van der Waals surface area (Å²) in [6.07, 6.45) is 1.94. The van der Waals surface area contributed by atoms with E-state index in [-0.39, 0.29) is 0 Å². The van der Waals surface area contributed by atoms with Crippen molar-refractivity contribution in [2.45, 2.75) is 13.1 Å². The van der Waals surface area contributed by atoms with E-state index in [2.05, 4.69) is 16.1 Å². The van der Waals surface area contributed by atoms with Gasteiger partial charge in [0.15, 0.2) is 0 Å². The van der Waals surface area contributed by atoms with E-state index < -0.39 is 0 Å². The first-order valence-electron chi connectivity index (χ1n) is 5.42. The Morgan fingerprint density at radius 1 is 1.24 bits per heavy atom. The maximum atomic E-state index is 5.53. The second-order valence-corrected chi connectivity index (χ2v) is 4.90. The monoisotopic (exact) mass is 244 g/mol. The number of nitrogens with zero attached hydrogens (tertiary/aromatic N) is 3. The molecule has 0 aliphatic heterocycles. The number of aromatic nitrogens is 3. The highest BCUT2D eigenvalue weighted by atomic mass is 32.1. The van der Waals surface area contributed by atoms with Crippen LogP contribution in [0, 0.1) is 0 Å². The molecule has 0 amide bonds. The second kappa shape index (κ2) is 4.27. The Bertz CT molecular complexity index is 608. The standard InChI is InChI=1S/C12H12N4S/c13-7-9-5-6-16(15-9)8-12-14-10-3-1-2-4-11(10)17-12/h1-6H,7-8,13H2. The number of benzene rings is 1. The summed E-state index contributed by atoms with van der Waals surface area (Å²) in [5.74, 6) is 0. The van der Waals surface area contributed by atoms with Gasteiger partial charge in [-0.05, 0) is 18.2 Å². The Hall–Kier alpha value is -1.72. The molecular weight excluding hydrogens is 232 g/mol. The number of fused-ring (bicyclic) bond motifs is 1. The van der Waals surface area contributed by atoms with Crippen LogP contribution in [0.15, 0.2) is 36.5 Å². The molecule has 0 saturated carbocycles. The summed E-state index contributed by atoms with van der Waals surface area (Å²) in [5, 5.41) is 5.42. The van der Waals surface area contributed by atoms with Gasteiger partial charge in [0.2, 0.25) is 0 Å². The molecule has 5 heteroatoms. The van der Waals surface area contributed by atoms with Crippen LogP contribution in [-0.4, -0.2) is 14.8 Å². The molecule has 86 valence electrons. The van der Waals surface area contributed by atoms with Crippen LogP contribution in [0.4, 0.5) is 0 Å². The van der Waals surface area contributed by atoms with Crippen molar-refractivity contribution in [2.75, 3.05) is 0 Å². The molecule has 0 atom stereocenters. The molecule has 2 N–H and O–H groups in total. The second-order valence-electron chi connectivity index (χ2n) is 3.78. The molecule has 1 aromatic carbocycles. The lowest BCUT2D eigenvalue weighted by Gasteiger charge is -1.96. The zero-order chi connectivity index (χ0) is 11.7. The van der Waals surface area contributed by atoms with Crippen molar-refractivity contribution in [3.05, 3.63) is 47.2 Å². The number of hydrogen-bond donors (Lipinski definition) is 1. The van der Waals surface area contributed by atoms with E-state index >= 15 is 0 Å². The van der Waals surface area contributed by atoms with Gasteiger partial charge in [-0.1, -0.05) is 12.1 Å². The molecule has 3 aromatic rings. The fourth-order valence-corrected chi connectivity index (χ4v) is 2.69. The van der Waals surface area contributed by atoms with E-state index in [1.165, 1.54) is 4.70 Å². The number of para-hydroxylation sites is 1. The van der Waals surface area contributed by atoms with Gasteiger partial charge in [-0.3, -0.25) is 4.68 Å². The van der Waals surface area contributed by atoms with E-state index in [4.69, 9.17) is 5.73 Å². The lowest BCUT2D eigenvalue weighted by molar-refractivity contribution is 0.670. The highest BCUT2D eigenvalue weighted by molar-refractivity contribution is 7.18. The highest BCUT2D eigenvalue weighted by Crippen LogP contribution is 2.21. The molecule has 3 rings (SSSR count). The van der Waals surface area contributed by atoms with Crippen molar-refractivity contribution < 1.29 is 0 Å². The van der Waals surface area contributed by atoms with Crippen molar-refractivity contribution in [3.8, 4) is 0 Å². The summed E-state index contributed by atoms with van der Waals surface area (Å²) in [6, 6.07) is 10.1. The first-order valence-corrected chi connectivity index (χ1v) is 6.23. The zero-order valence-electron chi connectivity index (χ0n) is 9.21. The normalized spacial score (nSPS) is 11.1. The topological polar surface area (TPSA) is 56.7 Å². The maximum Gasteiger partial charge on any atom is 0.115 e. The molecule has 0 fully saturated rings. The molecule has 2 heterocycles. The summed E-state index contributed by atoms with van der Waals surface area (Å²) in [5.41, 5.74) is 7.49. The van der Waals surface area contributed by atoms with Crippen LogP contribution >= 0.6 is 11.3 Å². The summed E-state index contributed by atoms with van der Waals surface area (Å²) >= 11 is 1.71. The van der Waals surface area contributed by atoms with E-state index in [0.717, 1.165) is 16.2 Å². The largest absolute Gasteiger partial charge is 0.325 e. The molecular formula is C12H12N4S. The van der Waals surface area contributed by atoms with Crippen molar-refractivity contribution in [3.63, 3.8) is 0 Å². The van der Waals surface area contributed by atoms with E-state index in [1.54, 1.807) is 11.3 Å². The van der Waals surface area contributed by atoms with Crippen LogP contribution in [0.2, 0.25) is 0 Å². The molecule has 0 aliphatic rings. The molecule has 0 saturated heterocycles. The van der Waals surface area contributed by atoms with E-state index in [1.807, 2.05) is 35.1 Å². The third-order valence-electron chi connectivity index (χ3n) is 2.54. The Balaban J connectivity index is 1.89. The predicted molar refractivity (Wildman–Crippen MR) is 68.8 cm³/mol. The summed E-state index contributed by atoms with van der Waals surface area (Å²) in [7, 11) is 0. The van der Waals surface area contributed by atoms with Gasteiger partial charge in [-0.25, -0.2) is 4.98 Å². The molecule has 2 aromatic heterocycles. The highest BCUT2D eigenvalue weighted by Gasteiger charge is 2.04. The van der Waals surface area contributed by atoms with Crippen molar-refractivity contribution in [2.24, 2.45) is 5.73 Å². The minimum Gasteiger partial charge on any atom is -0.325 e. The van der Waals surface area contributed by atoms with Gasteiger partial charge in [-0.2, -0.15) is 5.10 Å². The smallest absolute Gasteiger partial charge is 0.115 e. The van der Waals surface area contributed by atoms with Crippen molar-refractivity contribution in [1.82, 2.24) is 14.8 Å². The van der Waals surface area contributed by atoms with Crippen LogP contribution in [0.5, 0.6) is 0 Å². The predicted octanol–water partition coefficient (Wildman–Crippen LogP) is 2.00. The van der Waals surface area contributed by atoms with Gasteiger partial charge in [-0.15, -0.1) is 11.3 Å². The van der Waals surface area contributed by atoms with Crippen LogP contribution in [-0.2, 0) is 13.1 Å². The Kier molecular flexibility index (Phi) is 2.62. The quantitative estimate of drug-likeness (QED) is 0.766. The summed E-state index contributed by atoms with van der Waals surface area (Å²) in [4.78, 5) is 4.57. The minimum atomic E-state index is 0.479. The number of thiazole rings is 1. The van der Waals surface area contributed by atoms with Gasteiger partial charge in [0.25, 0.3) is 0 Å². The molecule has 0 spiro atoms. The molecule has 0 aliphatic carbocycles. The van der Waals surface area contributed by atoms with Crippen LogP contribution in [0.3, 0.4) is 0 Å². The third kappa shape index (κ3) is 2.07. The number of hydrogen-bond acceptors (Lipinski definition) is 4. The third-order valence-corrected chi connectivity index (χ3v) is 3.56. The SMILES string of the molecule is NCc1ccn(Cc2nc3ccccc3s2)n1. The van der Waals surface area contributed by atoms with Crippen LogP contribution < -0.4 is 5.73 Å². The van der Waals surface area contributed by atoms with E-state index in [0.29, 0.717) is 13.1 Å². The van der Waals surface area contributed by atoms with Gasteiger partial charge < -0.3 is 5.73 Å². The Morgan fingerprint density at radius 2 is 2.12 bits per heavy atom. The van der Waals surface area contributed by atoms with Gasteiger partial charge in [0.1, 0.15) is 5.01 Å².